The minimum absolute atomic E-state index is 0.0451. The normalized spacial score (nSPS) is 14.8. The number of hydrogen-bond donors (Lipinski definition) is 0. The van der Waals surface area contributed by atoms with Gasteiger partial charge in [-0.05, 0) is 30.7 Å². The fourth-order valence-electron chi connectivity index (χ4n) is 3.44. The van der Waals surface area contributed by atoms with Crippen LogP contribution in [0.3, 0.4) is 0 Å². The molecule has 0 spiro atoms. The largest absolute Gasteiger partial charge is 0.463 e. The zero-order chi connectivity index (χ0) is 19.5. The predicted molar refractivity (Wildman–Crippen MR) is 104 cm³/mol. The van der Waals surface area contributed by atoms with Crippen molar-refractivity contribution in [1.29, 1.82) is 0 Å². The summed E-state index contributed by atoms with van der Waals surface area (Å²) < 4.78 is 7.13. The minimum Gasteiger partial charge on any atom is -0.463 e. The molecule has 0 bridgehead atoms. The van der Waals surface area contributed by atoms with Crippen molar-refractivity contribution in [3.8, 4) is 17.1 Å². The molecule has 7 nitrogen and oxygen atoms in total. The summed E-state index contributed by atoms with van der Waals surface area (Å²) in [4.78, 5) is 28.6. The quantitative estimate of drug-likeness (QED) is 0.703. The van der Waals surface area contributed by atoms with Crippen LogP contribution < -0.4 is 0 Å². The smallest absolute Gasteiger partial charge is 0.272 e. The number of hydrogen-bond acceptors (Lipinski definition) is 4. The maximum absolute atomic E-state index is 13.3. The second-order valence-electron chi connectivity index (χ2n) is 6.79. The lowest BCUT2D eigenvalue weighted by atomic mass is 10.2. The Bertz CT molecular complexity index is 963. The molecule has 0 atom stereocenters. The number of benzene rings is 1. The van der Waals surface area contributed by atoms with Crippen LogP contribution in [0.5, 0.6) is 0 Å². The highest BCUT2D eigenvalue weighted by atomic mass is 16.3. The van der Waals surface area contributed by atoms with Crippen molar-refractivity contribution in [2.45, 2.75) is 13.3 Å². The first kappa shape index (κ1) is 18.0. The number of nitrogens with zero attached hydrogens (tertiary/aromatic N) is 4. The van der Waals surface area contributed by atoms with Crippen LogP contribution in [0, 0.1) is 0 Å². The molecule has 1 aromatic carbocycles. The average Bonchev–Trinajstić information content (AvgIpc) is 3.32. The van der Waals surface area contributed by atoms with Crippen LogP contribution >= 0.6 is 0 Å². The molecule has 4 rings (SSSR count). The van der Waals surface area contributed by atoms with Crippen molar-refractivity contribution in [2.24, 2.45) is 0 Å². The molecule has 0 radical (unpaired) electrons. The standard InChI is InChI=1S/C21H22N4O3/c1-16(26)23-10-6-11-24(13-12-23)21(27)19-15-18(20-9-5-14-28-20)22-25(19)17-7-3-2-4-8-17/h2-5,7-9,14-15H,6,10-13H2,1H3. The van der Waals surface area contributed by atoms with Crippen molar-refractivity contribution < 1.29 is 14.0 Å². The lowest BCUT2D eigenvalue weighted by Gasteiger charge is -2.21. The van der Waals surface area contributed by atoms with Gasteiger partial charge in [0.15, 0.2) is 5.76 Å². The van der Waals surface area contributed by atoms with Crippen LogP contribution in [-0.4, -0.2) is 57.6 Å². The van der Waals surface area contributed by atoms with Gasteiger partial charge in [0.1, 0.15) is 11.4 Å². The average molecular weight is 378 g/mol. The summed E-state index contributed by atoms with van der Waals surface area (Å²) in [5.74, 6) is 0.561. The first-order valence-electron chi connectivity index (χ1n) is 9.37. The SMILES string of the molecule is CC(=O)N1CCCN(C(=O)c2cc(-c3ccco3)nn2-c2ccccc2)CC1. The molecule has 3 heterocycles. The number of rotatable bonds is 3. The first-order chi connectivity index (χ1) is 13.6. The Hall–Kier alpha value is -3.35. The van der Waals surface area contributed by atoms with E-state index < -0.39 is 0 Å². The number of carbonyl (C=O) groups excluding carboxylic acids is 2. The van der Waals surface area contributed by atoms with Crippen LogP contribution in [-0.2, 0) is 4.79 Å². The molecule has 28 heavy (non-hydrogen) atoms. The molecule has 1 fully saturated rings. The molecular weight excluding hydrogens is 356 g/mol. The Morgan fingerprint density at radius 3 is 2.43 bits per heavy atom. The highest BCUT2D eigenvalue weighted by molar-refractivity contribution is 5.94. The Morgan fingerprint density at radius 1 is 0.964 bits per heavy atom. The van der Waals surface area contributed by atoms with Crippen molar-refractivity contribution in [1.82, 2.24) is 19.6 Å². The molecule has 2 amide bonds. The van der Waals surface area contributed by atoms with Crippen LogP contribution in [0.2, 0.25) is 0 Å². The van der Waals surface area contributed by atoms with Gasteiger partial charge in [0, 0.05) is 39.2 Å². The van der Waals surface area contributed by atoms with E-state index in [9.17, 15) is 9.59 Å². The molecule has 2 aromatic heterocycles. The molecule has 0 saturated carbocycles. The van der Waals surface area contributed by atoms with Gasteiger partial charge in [0.05, 0.1) is 12.0 Å². The van der Waals surface area contributed by atoms with Gasteiger partial charge in [-0.2, -0.15) is 5.10 Å². The van der Waals surface area contributed by atoms with Gasteiger partial charge in [0.2, 0.25) is 5.91 Å². The number of furan rings is 1. The highest BCUT2D eigenvalue weighted by Crippen LogP contribution is 2.23. The van der Waals surface area contributed by atoms with E-state index in [0.29, 0.717) is 43.3 Å². The van der Waals surface area contributed by atoms with E-state index in [1.165, 1.54) is 0 Å². The van der Waals surface area contributed by atoms with Crippen LogP contribution in [0.15, 0.2) is 59.2 Å². The maximum Gasteiger partial charge on any atom is 0.272 e. The van der Waals surface area contributed by atoms with Gasteiger partial charge in [-0.15, -0.1) is 0 Å². The first-order valence-corrected chi connectivity index (χ1v) is 9.37. The monoisotopic (exact) mass is 378 g/mol. The predicted octanol–water partition coefficient (Wildman–Crippen LogP) is 2.83. The molecule has 3 aromatic rings. The van der Waals surface area contributed by atoms with Gasteiger partial charge in [0.25, 0.3) is 5.91 Å². The number of amides is 2. The summed E-state index contributed by atoms with van der Waals surface area (Å²) in [6.45, 7) is 3.91. The van der Waals surface area contributed by atoms with Crippen molar-refractivity contribution in [3.63, 3.8) is 0 Å². The second kappa shape index (κ2) is 7.72. The van der Waals surface area contributed by atoms with E-state index in [1.54, 1.807) is 39.8 Å². The van der Waals surface area contributed by atoms with Gasteiger partial charge in [-0.3, -0.25) is 9.59 Å². The van der Waals surface area contributed by atoms with Crippen LogP contribution in [0.1, 0.15) is 23.8 Å². The van der Waals surface area contributed by atoms with Gasteiger partial charge < -0.3 is 14.2 Å². The Labute approximate surface area is 163 Å². The lowest BCUT2D eigenvalue weighted by molar-refractivity contribution is -0.128. The summed E-state index contributed by atoms with van der Waals surface area (Å²) in [5, 5.41) is 4.62. The Morgan fingerprint density at radius 2 is 1.71 bits per heavy atom. The third-order valence-corrected chi connectivity index (χ3v) is 4.93. The molecule has 7 heteroatoms. The molecular formula is C21H22N4O3. The summed E-state index contributed by atoms with van der Waals surface area (Å²) in [6.07, 6.45) is 2.35. The van der Waals surface area contributed by atoms with E-state index >= 15 is 0 Å². The fraction of sp³-hybridized carbons (Fsp3) is 0.286. The van der Waals surface area contributed by atoms with Crippen LogP contribution in [0.4, 0.5) is 0 Å². The topological polar surface area (TPSA) is 71.6 Å². The fourth-order valence-corrected chi connectivity index (χ4v) is 3.44. The van der Waals surface area contributed by atoms with E-state index in [1.807, 2.05) is 36.4 Å². The third kappa shape index (κ3) is 3.55. The number of para-hydroxylation sites is 1. The Balaban J connectivity index is 1.68. The molecule has 1 saturated heterocycles. The van der Waals surface area contributed by atoms with Crippen molar-refractivity contribution in [3.05, 3.63) is 60.5 Å². The van der Waals surface area contributed by atoms with E-state index in [2.05, 4.69) is 5.10 Å². The summed E-state index contributed by atoms with van der Waals surface area (Å²) in [5.41, 5.74) is 1.90. The summed E-state index contributed by atoms with van der Waals surface area (Å²) >= 11 is 0. The Kier molecular flexibility index (Phi) is 4.97. The van der Waals surface area contributed by atoms with Gasteiger partial charge in [-0.25, -0.2) is 4.68 Å². The molecule has 0 N–H and O–H groups in total. The van der Waals surface area contributed by atoms with Crippen molar-refractivity contribution >= 4 is 11.8 Å². The molecule has 0 unspecified atom stereocenters. The zero-order valence-electron chi connectivity index (χ0n) is 15.7. The number of carbonyl (C=O) groups is 2. The van der Waals surface area contributed by atoms with E-state index in [0.717, 1.165) is 12.1 Å². The van der Waals surface area contributed by atoms with E-state index in [-0.39, 0.29) is 11.8 Å². The minimum atomic E-state index is -0.0976. The zero-order valence-corrected chi connectivity index (χ0v) is 15.7. The highest BCUT2D eigenvalue weighted by Gasteiger charge is 2.26. The van der Waals surface area contributed by atoms with Gasteiger partial charge in [-0.1, -0.05) is 18.2 Å². The molecule has 0 aliphatic carbocycles. The number of aromatic nitrogens is 2. The molecule has 1 aliphatic rings. The molecule has 144 valence electrons. The lowest BCUT2D eigenvalue weighted by Crippen LogP contribution is -2.37. The van der Waals surface area contributed by atoms with Crippen LogP contribution in [0.25, 0.3) is 17.1 Å². The summed E-state index contributed by atoms with van der Waals surface area (Å²) in [6, 6.07) is 15.0. The van der Waals surface area contributed by atoms with Gasteiger partial charge >= 0.3 is 0 Å². The third-order valence-electron chi connectivity index (χ3n) is 4.93. The second-order valence-corrected chi connectivity index (χ2v) is 6.79. The van der Waals surface area contributed by atoms with E-state index in [4.69, 9.17) is 4.42 Å². The maximum atomic E-state index is 13.3. The molecule has 1 aliphatic heterocycles. The van der Waals surface area contributed by atoms with Crippen molar-refractivity contribution in [2.75, 3.05) is 26.2 Å². The summed E-state index contributed by atoms with van der Waals surface area (Å²) in [7, 11) is 0.